The Kier molecular flexibility index (Phi) is 6.52. The number of halogens is 1. The third-order valence-corrected chi connectivity index (χ3v) is 5.32. The van der Waals surface area contributed by atoms with Gasteiger partial charge in [-0.05, 0) is 61.9 Å². The summed E-state index contributed by atoms with van der Waals surface area (Å²) in [7, 11) is -3.51. The highest BCUT2D eigenvalue weighted by molar-refractivity contribution is 9.10. The Morgan fingerprint density at radius 1 is 1.04 bits per heavy atom. The number of hydrogen-bond donors (Lipinski definition) is 2. The van der Waals surface area contributed by atoms with Crippen molar-refractivity contribution in [1.29, 1.82) is 0 Å². The molecule has 0 saturated heterocycles. The maximum Gasteiger partial charge on any atom is 0.248 e. The van der Waals surface area contributed by atoms with Crippen molar-refractivity contribution in [2.45, 2.75) is 24.8 Å². The Morgan fingerprint density at radius 2 is 1.64 bits per heavy atom. The van der Waals surface area contributed by atoms with Crippen LogP contribution in [0.4, 0.5) is 5.69 Å². The fourth-order valence-electron chi connectivity index (χ4n) is 2.03. The zero-order valence-corrected chi connectivity index (χ0v) is 16.3. The summed E-state index contributed by atoms with van der Waals surface area (Å²) >= 11 is 3.33. The molecule has 0 heterocycles. The van der Waals surface area contributed by atoms with Crippen molar-refractivity contribution in [2.75, 3.05) is 5.32 Å². The zero-order valence-electron chi connectivity index (χ0n) is 13.9. The van der Waals surface area contributed by atoms with Crippen molar-refractivity contribution >= 4 is 43.6 Å². The third-order valence-electron chi connectivity index (χ3n) is 3.12. The Balaban J connectivity index is 2.01. The lowest BCUT2D eigenvalue weighted by Gasteiger charge is -2.09. The van der Waals surface area contributed by atoms with Crippen LogP contribution < -0.4 is 10.0 Å². The van der Waals surface area contributed by atoms with Crippen LogP contribution in [0.15, 0.2) is 64.0 Å². The molecule has 0 fully saturated rings. The van der Waals surface area contributed by atoms with Crippen LogP contribution in [-0.4, -0.2) is 20.4 Å². The molecule has 0 aromatic heterocycles. The average Bonchev–Trinajstić information content (AvgIpc) is 2.54. The van der Waals surface area contributed by atoms with Crippen molar-refractivity contribution in [1.82, 2.24) is 4.72 Å². The molecule has 2 aromatic rings. The minimum atomic E-state index is -3.51. The van der Waals surface area contributed by atoms with Gasteiger partial charge in [0.15, 0.2) is 0 Å². The van der Waals surface area contributed by atoms with Gasteiger partial charge in [-0.15, -0.1) is 0 Å². The highest BCUT2D eigenvalue weighted by Gasteiger charge is 2.14. The minimum Gasteiger partial charge on any atom is -0.323 e. The molecule has 0 saturated carbocycles. The van der Waals surface area contributed by atoms with E-state index in [9.17, 15) is 13.2 Å². The number of hydrogen-bond acceptors (Lipinski definition) is 3. The molecule has 25 heavy (non-hydrogen) atoms. The molecule has 2 N–H and O–H groups in total. The van der Waals surface area contributed by atoms with Gasteiger partial charge in [0.25, 0.3) is 0 Å². The van der Waals surface area contributed by atoms with E-state index in [0.29, 0.717) is 5.69 Å². The number of sulfonamides is 1. The molecule has 2 rings (SSSR count). The second-order valence-electron chi connectivity index (χ2n) is 5.67. The molecule has 0 atom stereocenters. The topological polar surface area (TPSA) is 75.3 Å². The van der Waals surface area contributed by atoms with E-state index in [0.717, 1.165) is 10.0 Å². The zero-order chi connectivity index (χ0) is 18.4. The maximum atomic E-state index is 12.1. The highest BCUT2D eigenvalue weighted by atomic mass is 79.9. The molecule has 1 amide bonds. The molecule has 132 valence electrons. The Bertz CT molecular complexity index is 858. The summed E-state index contributed by atoms with van der Waals surface area (Å²) in [6.45, 7) is 3.53. The van der Waals surface area contributed by atoms with Crippen LogP contribution in [0.5, 0.6) is 0 Å². The van der Waals surface area contributed by atoms with Gasteiger partial charge < -0.3 is 5.32 Å². The molecule has 0 aliphatic rings. The smallest absolute Gasteiger partial charge is 0.248 e. The normalized spacial score (nSPS) is 11.8. The second-order valence-corrected chi connectivity index (χ2v) is 8.30. The highest BCUT2D eigenvalue weighted by Crippen LogP contribution is 2.15. The summed E-state index contributed by atoms with van der Waals surface area (Å²) in [6.07, 6.45) is 3.03. The first kappa shape index (κ1) is 19.4. The van der Waals surface area contributed by atoms with Gasteiger partial charge in [0.05, 0.1) is 4.90 Å². The molecular formula is C18H19BrN2O3S. The predicted molar refractivity (Wildman–Crippen MR) is 104 cm³/mol. The minimum absolute atomic E-state index is 0.174. The number of amides is 1. The van der Waals surface area contributed by atoms with Crippen LogP contribution in [0.3, 0.4) is 0 Å². The number of nitrogens with one attached hydrogen (secondary N) is 2. The summed E-state index contributed by atoms with van der Waals surface area (Å²) in [5, 5.41) is 2.74. The van der Waals surface area contributed by atoms with Crippen LogP contribution in [0.25, 0.3) is 6.08 Å². The number of anilines is 1. The van der Waals surface area contributed by atoms with Crippen LogP contribution in [0.1, 0.15) is 19.4 Å². The van der Waals surface area contributed by atoms with Gasteiger partial charge >= 0.3 is 0 Å². The molecule has 2 aromatic carbocycles. The first-order valence-electron chi connectivity index (χ1n) is 7.63. The van der Waals surface area contributed by atoms with Gasteiger partial charge in [-0.1, -0.05) is 28.1 Å². The van der Waals surface area contributed by atoms with E-state index in [1.165, 1.54) is 18.2 Å². The number of benzene rings is 2. The van der Waals surface area contributed by atoms with Gasteiger partial charge in [0.2, 0.25) is 15.9 Å². The van der Waals surface area contributed by atoms with Gasteiger partial charge in [-0.2, -0.15) is 0 Å². The average molecular weight is 423 g/mol. The van der Waals surface area contributed by atoms with Crippen LogP contribution in [0.2, 0.25) is 0 Å². The Labute approximate surface area is 156 Å². The standard InChI is InChI=1S/C18H19BrN2O3S/c1-13(2)21-25(23,24)17-10-3-14(4-11-17)5-12-18(22)20-16-8-6-15(19)7-9-16/h3-13,21H,1-2H3,(H,20,22)/b12-5+. The van der Waals surface area contributed by atoms with Gasteiger partial charge in [-0.25, -0.2) is 13.1 Å². The van der Waals surface area contributed by atoms with Crippen LogP contribution >= 0.6 is 15.9 Å². The van der Waals surface area contributed by atoms with E-state index in [1.807, 2.05) is 12.1 Å². The van der Waals surface area contributed by atoms with E-state index >= 15 is 0 Å². The van der Waals surface area contributed by atoms with Gasteiger partial charge in [0, 0.05) is 22.3 Å². The van der Waals surface area contributed by atoms with E-state index in [-0.39, 0.29) is 16.8 Å². The molecule has 0 aliphatic heterocycles. The quantitative estimate of drug-likeness (QED) is 0.695. The van der Waals surface area contributed by atoms with E-state index in [2.05, 4.69) is 26.0 Å². The van der Waals surface area contributed by atoms with Gasteiger partial charge in [-0.3, -0.25) is 4.79 Å². The molecule has 0 radical (unpaired) electrons. The monoisotopic (exact) mass is 422 g/mol. The van der Waals surface area contributed by atoms with Crippen LogP contribution in [0, 0.1) is 0 Å². The van der Waals surface area contributed by atoms with E-state index < -0.39 is 10.0 Å². The lowest BCUT2D eigenvalue weighted by atomic mass is 10.2. The fraction of sp³-hybridized carbons (Fsp3) is 0.167. The molecule has 0 bridgehead atoms. The first-order valence-corrected chi connectivity index (χ1v) is 9.91. The van der Waals surface area contributed by atoms with Crippen molar-refractivity contribution in [3.8, 4) is 0 Å². The Morgan fingerprint density at radius 3 is 2.20 bits per heavy atom. The third kappa shape index (κ3) is 6.12. The summed E-state index contributed by atoms with van der Waals surface area (Å²) in [6, 6.07) is 13.4. The predicted octanol–water partition coefficient (Wildman–Crippen LogP) is 3.79. The maximum absolute atomic E-state index is 12.1. The van der Waals surface area contributed by atoms with Crippen molar-refractivity contribution in [3.05, 3.63) is 64.6 Å². The Hall–Kier alpha value is -1.96. The lowest BCUT2D eigenvalue weighted by molar-refractivity contribution is -0.111. The van der Waals surface area contributed by atoms with Crippen molar-refractivity contribution < 1.29 is 13.2 Å². The number of rotatable bonds is 6. The molecule has 7 heteroatoms. The number of carbonyl (C=O) groups is 1. The van der Waals surface area contributed by atoms with Gasteiger partial charge in [0.1, 0.15) is 0 Å². The molecule has 0 spiro atoms. The van der Waals surface area contributed by atoms with E-state index in [1.54, 1.807) is 44.2 Å². The lowest BCUT2D eigenvalue weighted by Crippen LogP contribution is -2.30. The summed E-state index contributed by atoms with van der Waals surface area (Å²) in [5.74, 6) is -0.263. The van der Waals surface area contributed by atoms with Crippen molar-refractivity contribution in [3.63, 3.8) is 0 Å². The summed E-state index contributed by atoms with van der Waals surface area (Å²) in [5.41, 5.74) is 1.42. The molecular weight excluding hydrogens is 404 g/mol. The summed E-state index contributed by atoms with van der Waals surface area (Å²) in [4.78, 5) is 12.1. The molecule has 0 unspecified atom stereocenters. The van der Waals surface area contributed by atoms with Crippen LogP contribution in [-0.2, 0) is 14.8 Å². The molecule has 0 aliphatic carbocycles. The largest absolute Gasteiger partial charge is 0.323 e. The van der Waals surface area contributed by atoms with E-state index in [4.69, 9.17) is 0 Å². The van der Waals surface area contributed by atoms with Crippen molar-refractivity contribution in [2.24, 2.45) is 0 Å². The first-order chi connectivity index (χ1) is 11.8. The fourth-order valence-corrected chi connectivity index (χ4v) is 3.54. The summed E-state index contributed by atoms with van der Waals surface area (Å²) < 4.78 is 27.6. The second kappa shape index (κ2) is 8.42. The molecule has 5 nitrogen and oxygen atoms in total. The number of carbonyl (C=O) groups excluding carboxylic acids is 1. The SMILES string of the molecule is CC(C)NS(=O)(=O)c1ccc(/C=C/C(=O)Nc2ccc(Br)cc2)cc1.